The number of likely N-dealkylation sites (N-methyl/N-ethyl adjacent to an activating group) is 1. The average molecular weight is 260 g/mol. The molecule has 2 rings (SSSR count). The maximum atomic E-state index is 3.80. The van der Waals surface area contributed by atoms with E-state index in [1.165, 1.54) is 44.3 Å². The van der Waals surface area contributed by atoms with Crippen LogP contribution in [-0.4, -0.2) is 30.1 Å². The van der Waals surface area contributed by atoms with Crippen LogP contribution in [0.3, 0.4) is 0 Å². The molecule has 0 radical (unpaired) electrons. The van der Waals surface area contributed by atoms with E-state index in [0.29, 0.717) is 6.04 Å². The van der Waals surface area contributed by atoms with E-state index in [2.05, 4.69) is 54.4 Å². The third-order valence-corrected chi connectivity index (χ3v) is 4.42. The van der Waals surface area contributed by atoms with Gasteiger partial charge in [0.2, 0.25) is 0 Å². The summed E-state index contributed by atoms with van der Waals surface area (Å²) in [6.45, 7) is 7.91. The lowest BCUT2D eigenvalue weighted by Gasteiger charge is -2.39. The summed E-state index contributed by atoms with van der Waals surface area (Å²) in [4.78, 5) is 2.63. The fourth-order valence-corrected chi connectivity index (χ4v) is 3.32. The van der Waals surface area contributed by atoms with Crippen LogP contribution in [0.4, 0.5) is 0 Å². The van der Waals surface area contributed by atoms with E-state index in [1.54, 1.807) is 0 Å². The molecule has 1 aromatic rings. The number of nitrogens with one attached hydrogen (secondary N) is 1. The largest absolute Gasteiger partial charge is 0.308 e. The van der Waals surface area contributed by atoms with E-state index in [1.807, 2.05) is 0 Å². The van der Waals surface area contributed by atoms with E-state index in [-0.39, 0.29) is 0 Å². The lowest BCUT2D eigenvalue weighted by atomic mass is 9.89. The van der Waals surface area contributed by atoms with Crippen LogP contribution in [0.25, 0.3) is 0 Å². The second-order valence-electron chi connectivity index (χ2n) is 5.55. The molecule has 1 aliphatic carbocycles. The Bertz CT molecular complexity index is 346. The van der Waals surface area contributed by atoms with Crippen molar-refractivity contribution in [2.75, 3.05) is 13.1 Å². The number of benzene rings is 1. The molecule has 1 saturated carbocycles. The fraction of sp³-hybridized carbons (Fsp3) is 0.647. The van der Waals surface area contributed by atoms with Gasteiger partial charge in [0.1, 0.15) is 0 Å². The first-order chi connectivity index (χ1) is 9.35. The lowest BCUT2D eigenvalue weighted by molar-refractivity contribution is 0.132. The molecule has 1 N–H and O–H groups in total. The van der Waals surface area contributed by atoms with Crippen molar-refractivity contribution in [2.24, 2.45) is 0 Å². The van der Waals surface area contributed by atoms with Crippen LogP contribution in [-0.2, 0) is 6.54 Å². The Kier molecular flexibility index (Phi) is 5.87. The zero-order chi connectivity index (χ0) is 13.5. The Hall–Kier alpha value is -0.860. The van der Waals surface area contributed by atoms with Crippen molar-refractivity contribution in [2.45, 2.75) is 58.2 Å². The van der Waals surface area contributed by atoms with Gasteiger partial charge in [-0.2, -0.15) is 0 Å². The normalized spacial score (nSPS) is 23.7. The van der Waals surface area contributed by atoms with Crippen LogP contribution >= 0.6 is 0 Å². The van der Waals surface area contributed by atoms with Gasteiger partial charge in [0, 0.05) is 18.6 Å². The Morgan fingerprint density at radius 1 is 1.05 bits per heavy atom. The van der Waals surface area contributed by atoms with Gasteiger partial charge in [0.25, 0.3) is 0 Å². The van der Waals surface area contributed by atoms with Gasteiger partial charge in [0.15, 0.2) is 0 Å². The summed E-state index contributed by atoms with van der Waals surface area (Å²) in [7, 11) is 0. The molecule has 106 valence electrons. The first-order valence-corrected chi connectivity index (χ1v) is 7.86. The van der Waals surface area contributed by atoms with E-state index < -0.39 is 0 Å². The predicted octanol–water partition coefficient (Wildman–Crippen LogP) is 3.43. The molecule has 19 heavy (non-hydrogen) atoms. The van der Waals surface area contributed by atoms with Gasteiger partial charge in [0.05, 0.1) is 0 Å². The Balaban J connectivity index is 1.92. The first-order valence-electron chi connectivity index (χ1n) is 7.86. The standard InChI is InChI=1S/C17H28N2/c1-3-19(4-2)17-13-9-8-12-16(17)18-14-15-10-6-5-7-11-15/h5-7,10-11,16-18H,3-4,8-9,12-14H2,1-2H3/t16-,17-/m0/s1. The highest BCUT2D eigenvalue weighted by Gasteiger charge is 2.28. The van der Waals surface area contributed by atoms with E-state index >= 15 is 0 Å². The van der Waals surface area contributed by atoms with E-state index in [4.69, 9.17) is 0 Å². The first kappa shape index (κ1) is 14.5. The van der Waals surface area contributed by atoms with Crippen LogP contribution in [0, 0.1) is 0 Å². The molecule has 0 aromatic heterocycles. The predicted molar refractivity (Wildman–Crippen MR) is 82.2 cm³/mol. The minimum absolute atomic E-state index is 0.661. The minimum atomic E-state index is 0.661. The highest BCUT2D eigenvalue weighted by molar-refractivity contribution is 5.14. The number of rotatable bonds is 6. The van der Waals surface area contributed by atoms with Gasteiger partial charge in [-0.15, -0.1) is 0 Å². The summed E-state index contributed by atoms with van der Waals surface area (Å²) in [6, 6.07) is 12.1. The molecular formula is C17H28N2. The van der Waals surface area contributed by atoms with Crippen LogP contribution in [0.1, 0.15) is 45.1 Å². The molecule has 0 aliphatic heterocycles. The summed E-state index contributed by atoms with van der Waals surface area (Å²) in [5.41, 5.74) is 1.39. The quantitative estimate of drug-likeness (QED) is 0.843. The topological polar surface area (TPSA) is 15.3 Å². The fourth-order valence-electron chi connectivity index (χ4n) is 3.32. The molecular weight excluding hydrogens is 232 g/mol. The van der Waals surface area contributed by atoms with Crippen molar-refractivity contribution < 1.29 is 0 Å². The molecule has 1 aromatic carbocycles. The Morgan fingerprint density at radius 2 is 1.74 bits per heavy atom. The molecule has 2 atom stereocenters. The zero-order valence-electron chi connectivity index (χ0n) is 12.4. The Labute approximate surface area is 118 Å². The molecule has 0 heterocycles. The number of hydrogen-bond acceptors (Lipinski definition) is 2. The van der Waals surface area contributed by atoms with Crippen molar-refractivity contribution in [1.82, 2.24) is 10.2 Å². The van der Waals surface area contributed by atoms with Crippen LogP contribution in [0.15, 0.2) is 30.3 Å². The zero-order valence-corrected chi connectivity index (χ0v) is 12.4. The summed E-state index contributed by atoms with van der Waals surface area (Å²) >= 11 is 0. The van der Waals surface area contributed by atoms with Gasteiger partial charge < -0.3 is 5.32 Å². The summed E-state index contributed by atoms with van der Waals surface area (Å²) in [5, 5.41) is 3.80. The molecule has 0 amide bonds. The number of hydrogen-bond donors (Lipinski definition) is 1. The van der Waals surface area contributed by atoms with Crippen molar-refractivity contribution in [3.05, 3.63) is 35.9 Å². The van der Waals surface area contributed by atoms with Crippen LogP contribution in [0.2, 0.25) is 0 Å². The number of nitrogens with zero attached hydrogens (tertiary/aromatic N) is 1. The third-order valence-electron chi connectivity index (χ3n) is 4.42. The summed E-state index contributed by atoms with van der Waals surface area (Å²) < 4.78 is 0. The van der Waals surface area contributed by atoms with Gasteiger partial charge in [-0.25, -0.2) is 0 Å². The molecule has 1 aliphatic rings. The van der Waals surface area contributed by atoms with Crippen molar-refractivity contribution >= 4 is 0 Å². The van der Waals surface area contributed by atoms with Gasteiger partial charge in [-0.1, -0.05) is 57.0 Å². The molecule has 2 nitrogen and oxygen atoms in total. The summed E-state index contributed by atoms with van der Waals surface area (Å²) in [6.07, 6.45) is 5.46. The molecule has 0 spiro atoms. The molecule has 0 unspecified atom stereocenters. The van der Waals surface area contributed by atoms with Crippen molar-refractivity contribution in [3.63, 3.8) is 0 Å². The smallest absolute Gasteiger partial charge is 0.0249 e. The van der Waals surface area contributed by atoms with Crippen LogP contribution in [0.5, 0.6) is 0 Å². The SMILES string of the molecule is CCN(CC)[C@H]1CCCC[C@@H]1NCc1ccccc1. The minimum Gasteiger partial charge on any atom is -0.308 e. The monoisotopic (exact) mass is 260 g/mol. The van der Waals surface area contributed by atoms with E-state index in [9.17, 15) is 0 Å². The molecule has 2 heteroatoms. The van der Waals surface area contributed by atoms with E-state index in [0.717, 1.165) is 12.6 Å². The van der Waals surface area contributed by atoms with Gasteiger partial charge in [-0.05, 0) is 31.5 Å². The second-order valence-corrected chi connectivity index (χ2v) is 5.55. The summed E-state index contributed by atoms with van der Waals surface area (Å²) in [5.74, 6) is 0. The van der Waals surface area contributed by atoms with Gasteiger partial charge >= 0.3 is 0 Å². The van der Waals surface area contributed by atoms with Gasteiger partial charge in [-0.3, -0.25) is 4.90 Å². The second kappa shape index (κ2) is 7.66. The lowest BCUT2D eigenvalue weighted by Crippen LogP contribution is -2.51. The molecule has 1 fully saturated rings. The Morgan fingerprint density at radius 3 is 2.42 bits per heavy atom. The highest BCUT2D eigenvalue weighted by Crippen LogP contribution is 2.23. The highest BCUT2D eigenvalue weighted by atomic mass is 15.2. The average Bonchev–Trinajstić information content (AvgIpc) is 2.48. The van der Waals surface area contributed by atoms with Crippen molar-refractivity contribution in [1.29, 1.82) is 0 Å². The van der Waals surface area contributed by atoms with Crippen LogP contribution < -0.4 is 5.32 Å². The molecule has 0 saturated heterocycles. The maximum Gasteiger partial charge on any atom is 0.0249 e. The maximum absolute atomic E-state index is 3.80. The van der Waals surface area contributed by atoms with Crippen molar-refractivity contribution in [3.8, 4) is 0 Å². The molecule has 0 bridgehead atoms. The third kappa shape index (κ3) is 4.05.